The molecule has 0 saturated heterocycles. The van der Waals surface area contributed by atoms with Crippen LogP contribution in [0.4, 0.5) is 27.4 Å². The van der Waals surface area contributed by atoms with Gasteiger partial charge in [-0.15, -0.1) is 10.2 Å². The minimum atomic E-state index is -0.555. The molecule has 2 aromatic rings. The van der Waals surface area contributed by atoms with E-state index in [9.17, 15) is 9.18 Å². The van der Waals surface area contributed by atoms with E-state index in [2.05, 4.69) is 62.0 Å². The molecule has 0 aliphatic carbocycles. The lowest BCUT2D eigenvalue weighted by Gasteiger charge is -2.22. The molecule has 3 rings (SSSR count). The van der Waals surface area contributed by atoms with Gasteiger partial charge in [0.2, 0.25) is 5.82 Å². The fraction of sp³-hybridized carbons (Fsp3) is 0.542. The molecule has 2 aromatic heterocycles. The maximum absolute atomic E-state index is 13.7. The van der Waals surface area contributed by atoms with Gasteiger partial charge in [0, 0.05) is 25.7 Å². The van der Waals surface area contributed by atoms with Crippen LogP contribution in [0, 0.1) is 0 Å². The summed E-state index contributed by atoms with van der Waals surface area (Å²) in [5, 5.41) is 22.3. The van der Waals surface area contributed by atoms with Crippen LogP contribution in [-0.4, -0.2) is 76.3 Å². The molecular formula is C24H37FN10O. The molecule has 3 heterocycles. The highest BCUT2D eigenvalue weighted by Gasteiger charge is 2.31. The number of nitrogen functional groups attached to an aromatic ring is 1. The molecule has 12 heteroatoms. The van der Waals surface area contributed by atoms with Gasteiger partial charge in [-0.2, -0.15) is 9.78 Å². The Morgan fingerprint density at radius 2 is 2.11 bits per heavy atom. The normalized spacial score (nSPS) is 14.2. The van der Waals surface area contributed by atoms with Gasteiger partial charge in [-0.25, -0.2) is 9.38 Å². The molecular weight excluding hydrogens is 463 g/mol. The lowest BCUT2D eigenvalue weighted by atomic mass is 10.1. The van der Waals surface area contributed by atoms with Crippen molar-refractivity contribution in [2.45, 2.75) is 52.5 Å². The van der Waals surface area contributed by atoms with Crippen LogP contribution in [0.25, 0.3) is 5.82 Å². The molecule has 0 fully saturated rings. The Hall–Kier alpha value is -3.38. The molecule has 0 radical (unpaired) electrons. The van der Waals surface area contributed by atoms with Gasteiger partial charge in [0.1, 0.15) is 17.1 Å². The van der Waals surface area contributed by atoms with Crippen LogP contribution in [0.3, 0.4) is 0 Å². The fourth-order valence-corrected chi connectivity index (χ4v) is 4.10. The van der Waals surface area contributed by atoms with E-state index in [0.29, 0.717) is 24.0 Å². The first kappa shape index (κ1) is 27.2. The van der Waals surface area contributed by atoms with E-state index in [1.165, 1.54) is 10.8 Å². The smallest absolute Gasteiger partial charge is 0.263 e. The number of allylic oxidation sites excluding steroid dienone is 2. The monoisotopic (exact) mass is 500 g/mol. The summed E-state index contributed by atoms with van der Waals surface area (Å²) < 4.78 is 15.0. The van der Waals surface area contributed by atoms with E-state index in [-0.39, 0.29) is 23.0 Å². The highest BCUT2D eigenvalue weighted by molar-refractivity contribution is 6.14. The number of hydrogen-bond donors (Lipinski definition) is 4. The van der Waals surface area contributed by atoms with Crippen molar-refractivity contribution in [3.63, 3.8) is 0 Å². The highest BCUT2D eigenvalue weighted by Crippen LogP contribution is 2.37. The molecule has 5 N–H and O–H groups in total. The highest BCUT2D eigenvalue weighted by atomic mass is 19.1. The summed E-state index contributed by atoms with van der Waals surface area (Å²) in [5.74, 6) is -0.736. The number of carbonyl (C=O) groups is 1. The molecule has 0 spiro atoms. The SMILES string of the molecule is C/C=C(/F)C=Nc1c2c(N)nn1-c1nncc(NCCC(CCC)NCCN(C)CCC)c1NC2=O. The van der Waals surface area contributed by atoms with Crippen LogP contribution in [-0.2, 0) is 0 Å². The molecule has 1 amide bonds. The maximum atomic E-state index is 13.7. The minimum absolute atomic E-state index is 0.0237. The van der Waals surface area contributed by atoms with Gasteiger partial charge in [-0.1, -0.05) is 26.3 Å². The van der Waals surface area contributed by atoms with Crippen molar-refractivity contribution in [3.05, 3.63) is 23.7 Å². The largest absolute Gasteiger partial charge is 0.382 e. The zero-order valence-corrected chi connectivity index (χ0v) is 21.5. The van der Waals surface area contributed by atoms with Crippen molar-refractivity contribution >= 4 is 35.1 Å². The zero-order valence-electron chi connectivity index (χ0n) is 21.5. The number of rotatable bonds is 14. The number of nitrogens with zero attached hydrogens (tertiary/aromatic N) is 6. The van der Waals surface area contributed by atoms with Crippen LogP contribution in [0.2, 0.25) is 0 Å². The molecule has 1 unspecified atom stereocenters. The van der Waals surface area contributed by atoms with E-state index in [0.717, 1.165) is 51.5 Å². The van der Waals surface area contributed by atoms with Gasteiger partial charge in [0.15, 0.2) is 11.6 Å². The summed E-state index contributed by atoms with van der Waals surface area (Å²) >= 11 is 0. The zero-order chi connectivity index (χ0) is 26.1. The molecule has 0 aromatic carbocycles. The topological polar surface area (TPSA) is 138 Å². The Labute approximate surface area is 211 Å². The number of fused-ring (bicyclic) bond motifs is 4. The lowest BCUT2D eigenvalue weighted by Crippen LogP contribution is -2.37. The molecule has 11 nitrogen and oxygen atoms in total. The first-order valence-corrected chi connectivity index (χ1v) is 12.5. The minimum Gasteiger partial charge on any atom is -0.382 e. The van der Waals surface area contributed by atoms with E-state index in [1.54, 1.807) is 13.1 Å². The molecule has 36 heavy (non-hydrogen) atoms. The average Bonchev–Trinajstić information content (AvgIpc) is 3.12. The summed E-state index contributed by atoms with van der Waals surface area (Å²) in [6.45, 7) is 9.61. The Balaban J connectivity index is 1.74. The first-order chi connectivity index (χ1) is 17.4. The van der Waals surface area contributed by atoms with Gasteiger partial charge >= 0.3 is 0 Å². The van der Waals surface area contributed by atoms with Crippen molar-refractivity contribution < 1.29 is 9.18 Å². The molecule has 196 valence electrons. The van der Waals surface area contributed by atoms with Crippen LogP contribution < -0.4 is 21.7 Å². The number of amides is 1. The number of likely N-dealkylation sites (N-methyl/N-ethyl adjacent to an activating group) is 1. The van der Waals surface area contributed by atoms with Gasteiger partial charge in [0.05, 0.1) is 18.1 Å². The van der Waals surface area contributed by atoms with Crippen LogP contribution in [0.1, 0.15) is 56.8 Å². The van der Waals surface area contributed by atoms with Gasteiger partial charge in [-0.3, -0.25) is 4.79 Å². The van der Waals surface area contributed by atoms with E-state index >= 15 is 0 Å². The van der Waals surface area contributed by atoms with Crippen LogP contribution in [0.15, 0.2) is 23.1 Å². The number of aromatic nitrogens is 4. The Morgan fingerprint density at radius 1 is 1.31 bits per heavy atom. The number of nitrogens with one attached hydrogen (secondary N) is 3. The number of aliphatic imine (C=N–C) groups is 1. The van der Waals surface area contributed by atoms with Crippen molar-refractivity contribution in [2.75, 3.05) is 49.6 Å². The number of nitrogens with two attached hydrogens (primary N) is 1. The predicted octanol–water partition coefficient (Wildman–Crippen LogP) is 3.29. The molecule has 1 atom stereocenters. The van der Waals surface area contributed by atoms with E-state index < -0.39 is 11.7 Å². The van der Waals surface area contributed by atoms with Crippen molar-refractivity contribution in [1.29, 1.82) is 0 Å². The van der Waals surface area contributed by atoms with Crippen LogP contribution >= 0.6 is 0 Å². The van der Waals surface area contributed by atoms with Crippen molar-refractivity contribution in [3.8, 4) is 5.82 Å². The van der Waals surface area contributed by atoms with Crippen molar-refractivity contribution in [2.24, 2.45) is 4.99 Å². The first-order valence-electron chi connectivity index (χ1n) is 12.5. The fourth-order valence-electron chi connectivity index (χ4n) is 4.10. The third kappa shape index (κ3) is 6.64. The molecule has 2 bridgehead atoms. The second-order valence-electron chi connectivity index (χ2n) is 8.80. The third-order valence-corrected chi connectivity index (χ3v) is 5.95. The quantitative estimate of drug-likeness (QED) is 0.290. The average molecular weight is 501 g/mol. The molecule has 1 aliphatic rings. The Bertz CT molecular complexity index is 1100. The number of carbonyl (C=O) groups excluding carboxylic acids is 1. The lowest BCUT2D eigenvalue weighted by molar-refractivity contribution is 0.102. The van der Waals surface area contributed by atoms with E-state index in [1.807, 2.05) is 0 Å². The predicted molar refractivity (Wildman–Crippen MR) is 142 cm³/mol. The maximum Gasteiger partial charge on any atom is 0.263 e. The molecule has 0 saturated carbocycles. The van der Waals surface area contributed by atoms with Crippen LogP contribution in [0.5, 0.6) is 0 Å². The van der Waals surface area contributed by atoms with Crippen molar-refractivity contribution in [1.82, 2.24) is 30.2 Å². The number of anilines is 3. The summed E-state index contributed by atoms with van der Waals surface area (Å²) in [6, 6.07) is 0.371. The van der Waals surface area contributed by atoms with Gasteiger partial charge in [-0.05, 0) is 39.8 Å². The van der Waals surface area contributed by atoms with Gasteiger partial charge < -0.3 is 26.6 Å². The molecule has 1 aliphatic heterocycles. The summed E-state index contributed by atoms with van der Waals surface area (Å²) in [4.78, 5) is 19.4. The summed E-state index contributed by atoms with van der Waals surface area (Å²) in [7, 11) is 2.14. The standard InChI is InChI=1S/C24H37FN10O/c1-5-8-17(27-11-13-34(4)12-6-2)9-10-28-18-15-30-32-23-20(18)31-24(36)19-21(26)33-35(23)22(19)29-14-16(25)7-3/h7,14-15,17,27H,5-6,8-13H2,1-4H3,(H2,26,33)(H,28,32)(H,31,36)/b16-7+,29-14?. The second kappa shape index (κ2) is 13.1. The third-order valence-electron chi connectivity index (χ3n) is 5.95. The summed E-state index contributed by atoms with van der Waals surface area (Å²) in [6.07, 6.45) is 8.02. The van der Waals surface area contributed by atoms with Gasteiger partial charge in [0.25, 0.3) is 5.91 Å². The second-order valence-corrected chi connectivity index (χ2v) is 8.80. The number of hydrogen-bond acceptors (Lipinski definition) is 9. The summed E-state index contributed by atoms with van der Waals surface area (Å²) in [5.41, 5.74) is 7.04. The Kier molecular flexibility index (Phi) is 9.88. The number of halogens is 1. The van der Waals surface area contributed by atoms with E-state index in [4.69, 9.17) is 5.73 Å². The Morgan fingerprint density at radius 3 is 2.83 bits per heavy atom.